The molecule has 0 amide bonds. The van der Waals surface area contributed by atoms with Crippen molar-refractivity contribution < 1.29 is 40.2 Å². The van der Waals surface area contributed by atoms with Gasteiger partial charge in [-0.1, -0.05) is 33.3 Å². The molecule has 1 saturated heterocycles. The van der Waals surface area contributed by atoms with Crippen molar-refractivity contribution >= 4 is 5.78 Å². The van der Waals surface area contributed by atoms with Gasteiger partial charge in [-0.15, -0.1) is 0 Å². The number of aromatic hydroxyl groups is 1. The normalized spacial score (nSPS) is 44.2. The van der Waals surface area contributed by atoms with Crippen LogP contribution in [0.3, 0.4) is 0 Å². The zero-order valence-corrected chi connectivity index (χ0v) is 28.6. The fourth-order valence-electron chi connectivity index (χ4n) is 12.2. The number of benzene rings is 1. The predicted molar refractivity (Wildman–Crippen MR) is 176 cm³/mol. The van der Waals surface area contributed by atoms with Gasteiger partial charge in [0.25, 0.3) is 0 Å². The number of hydrogen-bond acceptors (Lipinski definition) is 8. The lowest BCUT2D eigenvalue weighted by atomic mass is 9.40. The molecule has 2 bridgehead atoms. The Kier molecular flexibility index (Phi) is 8.33. The van der Waals surface area contributed by atoms with E-state index in [2.05, 4.69) is 20.8 Å². The van der Waals surface area contributed by atoms with Gasteiger partial charge in [0.05, 0.1) is 29.5 Å². The van der Waals surface area contributed by atoms with Gasteiger partial charge in [0.15, 0.2) is 5.78 Å². The number of phenolic OH excluding ortho intramolecular Hbond substituents is 1. The highest BCUT2D eigenvalue weighted by Gasteiger charge is 2.73. The molecular weight excluding hydrogens is 596 g/mol. The molecule has 260 valence electrons. The fraction of sp³-hybridized carbons (Fsp3) is 0.769. The Morgan fingerprint density at radius 2 is 1.81 bits per heavy atom. The molecule has 7 rings (SSSR count). The number of hydrogen-bond donors (Lipinski definition) is 6. The zero-order valence-electron chi connectivity index (χ0n) is 28.6. The summed E-state index contributed by atoms with van der Waals surface area (Å²) in [5, 5.41) is 68.1. The highest BCUT2D eigenvalue weighted by molar-refractivity contribution is 5.95. The minimum Gasteiger partial charge on any atom is -0.508 e. The number of aryl methyl sites for hydroxylation is 1. The molecule has 0 spiro atoms. The van der Waals surface area contributed by atoms with E-state index in [1.165, 1.54) is 0 Å². The van der Waals surface area contributed by atoms with Crippen LogP contribution in [0, 0.1) is 46.3 Å². The van der Waals surface area contributed by atoms with Gasteiger partial charge >= 0.3 is 0 Å². The molecule has 6 N–H and O–H groups in total. The Labute approximate surface area is 279 Å². The summed E-state index contributed by atoms with van der Waals surface area (Å²) in [5.74, 6) is -0.178. The monoisotopic (exact) mass is 652 g/mol. The SMILES string of the molecule is CC(C)[C@@H](C)[C@H]1O[C@H]1[C@](C)(O)[C@@H]1CC[C@]2(O)C3=CC(=O)[C@H]4[C@H]5CCC[C@]4(C[C@H](O)[C@@H]5O)[C@@H]3CC[C@]12CCc1cc(O)ccc1CCO. The summed E-state index contributed by atoms with van der Waals surface area (Å²) in [6, 6.07) is 5.24. The van der Waals surface area contributed by atoms with Crippen LogP contribution in [0.4, 0.5) is 0 Å². The van der Waals surface area contributed by atoms with E-state index in [1.807, 2.05) is 13.0 Å². The molecule has 13 atom stereocenters. The maximum absolute atomic E-state index is 14.2. The van der Waals surface area contributed by atoms with E-state index >= 15 is 0 Å². The van der Waals surface area contributed by atoms with Crippen molar-refractivity contribution in [1.29, 1.82) is 0 Å². The van der Waals surface area contributed by atoms with Crippen molar-refractivity contribution in [2.75, 3.05) is 6.61 Å². The lowest BCUT2D eigenvalue weighted by Crippen LogP contribution is -2.66. The number of fused-ring (bicyclic) bond motifs is 3. The first-order valence-electron chi connectivity index (χ1n) is 18.4. The summed E-state index contributed by atoms with van der Waals surface area (Å²) in [4.78, 5) is 14.2. The Morgan fingerprint density at radius 3 is 2.53 bits per heavy atom. The Bertz CT molecular complexity index is 1420. The second-order valence-electron chi connectivity index (χ2n) is 17.0. The van der Waals surface area contributed by atoms with Crippen molar-refractivity contribution in [3.05, 3.63) is 41.0 Å². The smallest absolute Gasteiger partial charge is 0.159 e. The van der Waals surface area contributed by atoms with E-state index < -0.39 is 34.2 Å². The molecule has 4 saturated carbocycles. The topological polar surface area (TPSA) is 151 Å². The van der Waals surface area contributed by atoms with E-state index in [-0.39, 0.29) is 59.9 Å². The Balaban J connectivity index is 1.31. The summed E-state index contributed by atoms with van der Waals surface area (Å²) in [6.07, 6.45) is 6.28. The van der Waals surface area contributed by atoms with Gasteiger partial charge in [-0.05, 0) is 141 Å². The van der Waals surface area contributed by atoms with Gasteiger partial charge in [-0.3, -0.25) is 4.79 Å². The fourth-order valence-corrected chi connectivity index (χ4v) is 12.2. The highest BCUT2D eigenvalue weighted by Crippen LogP contribution is 2.72. The van der Waals surface area contributed by atoms with Gasteiger partial charge in [-0.2, -0.15) is 0 Å². The molecule has 8 nitrogen and oxygen atoms in total. The third-order valence-electron chi connectivity index (χ3n) is 14.8. The molecule has 0 aromatic heterocycles. The number of aliphatic hydroxyl groups is 5. The van der Waals surface area contributed by atoms with Crippen LogP contribution in [0.1, 0.15) is 96.6 Å². The standard InChI is InChI=1S/C39H56O8/c1-21(2)22(3)34-35(47-34)36(4,45)31-11-16-39(46)28-19-29(42)32-26-6-5-13-37(32,20-30(43)33(26)44)27(28)10-15-38(31,39)14-9-24-18-25(41)8-7-23(24)12-17-40/h7-8,18-19,21-22,26-27,30-35,40-41,43-46H,5-6,9-17,20H2,1-4H3/t22-,26-,27-,30+,31+,32-,33-,34-,35-,36-,37+,38-,39+/m1/s1. The van der Waals surface area contributed by atoms with E-state index in [0.717, 1.165) is 42.4 Å². The minimum atomic E-state index is -1.34. The van der Waals surface area contributed by atoms with Gasteiger partial charge in [0.1, 0.15) is 11.9 Å². The molecule has 1 aromatic rings. The first-order valence-corrected chi connectivity index (χ1v) is 18.4. The molecule has 6 aliphatic rings. The van der Waals surface area contributed by atoms with Gasteiger partial charge in [-0.25, -0.2) is 0 Å². The first kappa shape index (κ1) is 33.7. The molecule has 0 radical (unpaired) electrons. The van der Waals surface area contributed by atoms with Crippen LogP contribution in [-0.2, 0) is 22.4 Å². The minimum absolute atomic E-state index is 0.0138. The van der Waals surface area contributed by atoms with Crippen LogP contribution in [0.5, 0.6) is 5.75 Å². The van der Waals surface area contributed by atoms with Crippen molar-refractivity contribution in [1.82, 2.24) is 0 Å². The van der Waals surface area contributed by atoms with Crippen LogP contribution in [0.25, 0.3) is 0 Å². The third-order valence-corrected chi connectivity index (χ3v) is 14.8. The molecule has 1 aromatic carbocycles. The lowest BCUT2D eigenvalue weighted by Gasteiger charge is -2.65. The van der Waals surface area contributed by atoms with Crippen LogP contribution in [-0.4, -0.2) is 78.6 Å². The molecule has 5 aliphatic carbocycles. The zero-order chi connectivity index (χ0) is 33.7. The Hall–Kier alpha value is -1.81. The molecule has 8 heteroatoms. The van der Waals surface area contributed by atoms with Crippen molar-refractivity contribution in [3.8, 4) is 5.75 Å². The van der Waals surface area contributed by atoms with E-state index in [1.54, 1.807) is 18.2 Å². The van der Waals surface area contributed by atoms with Gasteiger partial charge in [0, 0.05) is 17.9 Å². The molecule has 1 heterocycles. The first-order chi connectivity index (χ1) is 22.2. The molecular formula is C39H56O8. The molecule has 47 heavy (non-hydrogen) atoms. The number of ether oxygens (including phenoxy) is 1. The number of epoxide rings is 1. The number of ketones is 1. The maximum Gasteiger partial charge on any atom is 0.159 e. The lowest BCUT2D eigenvalue weighted by molar-refractivity contribution is -0.194. The summed E-state index contributed by atoms with van der Waals surface area (Å²) >= 11 is 0. The van der Waals surface area contributed by atoms with Crippen molar-refractivity contribution in [2.24, 2.45) is 46.3 Å². The number of rotatable bonds is 9. The summed E-state index contributed by atoms with van der Waals surface area (Å²) in [7, 11) is 0. The Morgan fingerprint density at radius 1 is 1.04 bits per heavy atom. The molecule has 0 unspecified atom stereocenters. The average molecular weight is 653 g/mol. The highest BCUT2D eigenvalue weighted by atomic mass is 16.6. The van der Waals surface area contributed by atoms with Crippen molar-refractivity contribution in [3.63, 3.8) is 0 Å². The number of allylic oxidation sites excluding steroid dienone is 1. The van der Waals surface area contributed by atoms with Crippen molar-refractivity contribution in [2.45, 2.75) is 134 Å². The molecule has 5 fully saturated rings. The second-order valence-corrected chi connectivity index (χ2v) is 17.0. The predicted octanol–water partition coefficient (Wildman–Crippen LogP) is 4.24. The average Bonchev–Trinajstić information content (AvgIpc) is 3.77. The van der Waals surface area contributed by atoms with E-state index in [9.17, 15) is 35.4 Å². The van der Waals surface area contributed by atoms with Crippen LogP contribution in [0.15, 0.2) is 29.8 Å². The van der Waals surface area contributed by atoms with Crippen LogP contribution < -0.4 is 0 Å². The summed E-state index contributed by atoms with van der Waals surface area (Å²) in [5.41, 5.74) is -1.14. The summed E-state index contributed by atoms with van der Waals surface area (Å²) < 4.78 is 6.26. The number of phenols is 1. The third kappa shape index (κ3) is 4.86. The quantitative estimate of drug-likeness (QED) is 0.217. The maximum atomic E-state index is 14.2. The van der Waals surface area contributed by atoms with Crippen LogP contribution in [0.2, 0.25) is 0 Å². The van der Waals surface area contributed by atoms with E-state index in [4.69, 9.17) is 4.74 Å². The largest absolute Gasteiger partial charge is 0.508 e. The summed E-state index contributed by atoms with van der Waals surface area (Å²) in [6.45, 7) is 8.39. The number of carbonyl (C=O) groups excluding carboxylic acids is 1. The number of carbonyl (C=O) groups is 1. The van der Waals surface area contributed by atoms with E-state index in [0.29, 0.717) is 50.9 Å². The van der Waals surface area contributed by atoms with Crippen LogP contribution >= 0.6 is 0 Å². The second kappa shape index (κ2) is 11.6. The van der Waals surface area contributed by atoms with Gasteiger partial charge in [0.2, 0.25) is 0 Å². The molecule has 1 aliphatic heterocycles. The van der Waals surface area contributed by atoms with Gasteiger partial charge < -0.3 is 35.4 Å². The number of aliphatic hydroxyl groups excluding tert-OH is 3.